The van der Waals surface area contributed by atoms with Crippen molar-refractivity contribution in [1.82, 2.24) is 4.57 Å². The summed E-state index contributed by atoms with van der Waals surface area (Å²) in [5, 5.41) is 4.92. The quantitative estimate of drug-likeness (QED) is 0.458. The van der Waals surface area contributed by atoms with Gasteiger partial charge in [-0.3, -0.25) is 9.59 Å². The van der Waals surface area contributed by atoms with E-state index >= 15 is 0 Å². The number of rotatable bonds is 3. The second-order valence-electron chi connectivity index (χ2n) is 7.90. The molecule has 0 saturated heterocycles. The van der Waals surface area contributed by atoms with E-state index in [1.807, 2.05) is 95.9 Å². The summed E-state index contributed by atoms with van der Waals surface area (Å²) < 4.78 is 1.96. The Bertz CT molecular complexity index is 1390. The monoisotopic (exact) mass is 422 g/mol. The first-order valence-corrected chi connectivity index (χ1v) is 11.0. The number of anilines is 1. The van der Waals surface area contributed by atoms with Crippen molar-refractivity contribution >= 4 is 34.3 Å². The number of nitrogens with one attached hydrogen (secondary N) is 1. The lowest BCUT2D eigenvalue weighted by molar-refractivity contribution is -0.120. The molecule has 2 aromatic heterocycles. The normalized spacial score (nSPS) is 18.9. The number of carbonyl (C=O) groups is 2. The number of ketones is 1. The predicted molar refractivity (Wildman–Crippen MR) is 122 cm³/mol. The van der Waals surface area contributed by atoms with Gasteiger partial charge in [0.1, 0.15) is 0 Å². The van der Waals surface area contributed by atoms with Crippen molar-refractivity contribution in [2.45, 2.75) is 12.5 Å². The number of hydrogen-bond acceptors (Lipinski definition) is 3. The molecule has 4 aromatic rings. The van der Waals surface area contributed by atoms with Gasteiger partial charge in [0.2, 0.25) is 5.78 Å². The predicted octanol–water partition coefficient (Wildman–Crippen LogP) is 5.25. The lowest BCUT2D eigenvalue weighted by Gasteiger charge is -2.28. The zero-order chi connectivity index (χ0) is 21.2. The van der Waals surface area contributed by atoms with Crippen LogP contribution in [0.25, 0.3) is 5.57 Å². The molecule has 150 valence electrons. The molecule has 2 aliphatic rings. The average Bonchev–Trinajstić information content (AvgIpc) is 3.54. The van der Waals surface area contributed by atoms with Crippen molar-refractivity contribution in [2.75, 3.05) is 5.32 Å². The molecule has 4 nitrogen and oxygen atoms in total. The van der Waals surface area contributed by atoms with Crippen LogP contribution in [0.15, 0.2) is 89.9 Å². The molecular weight excluding hydrogens is 404 g/mol. The first kappa shape index (κ1) is 18.1. The standard InChI is InChI=1S/C26H18N2O2S/c1-16-10-12-17(13-11-16)22-20-8-4-14-28(20)26(23(22)24(29)21-9-5-15-31-21)18-6-2-3-7-19(18)27-25(26)30/h2-15H,1H3,(H,27,30). The van der Waals surface area contributed by atoms with Crippen LogP contribution in [0.3, 0.4) is 0 Å². The third kappa shape index (κ3) is 2.29. The molecule has 1 spiro atoms. The number of carbonyl (C=O) groups excluding carboxylic acids is 2. The Morgan fingerprint density at radius 1 is 0.968 bits per heavy atom. The maximum absolute atomic E-state index is 14.0. The number of para-hydroxylation sites is 1. The van der Waals surface area contributed by atoms with E-state index in [0.717, 1.165) is 33.6 Å². The van der Waals surface area contributed by atoms with Crippen LogP contribution in [-0.2, 0) is 10.3 Å². The summed E-state index contributed by atoms with van der Waals surface area (Å²) in [6.07, 6.45) is 1.90. The number of benzene rings is 2. The Labute approximate surface area is 183 Å². The molecule has 0 fully saturated rings. The summed E-state index contributed by atoms with van der Waals surface area (Å²) in [5.74, 6) is -0.311. The van der Waals surface area contributed by atoms with Gasteiger partial charge >= 0.3 is 0 Å². The van der Waals surface area contributed by atoms with Crippen LogP contribution in [0.4, 0.5) is 5.69 Å². The lowest BCUT2D eigenvalue weighted by atomic mass is 9.79. The SMILES string of the molecule is Cc1ccc(C2=C(C(=O)c3cccs3)C3(C(=O)Nc4ccccc43)n3cccc32)cc1. The average molecular weight is 423 g/mol. The molecule has 1 atom stereocenters. The molecule has 2 aliphatic heterocycles. The van der Waals surface area contributed by atoms with E-state index in [1.165, 1.54) is 11.3 Å². The van der Waals surface area contributed by atoms with E-state index in [0.29, 0.717) is 10.5 Å². The fourth-order valence-electron chi connectivity index (χ4n) is 4.86. The number of hydrogen-bond donors (Lipinski definition) is 1. The first-order valence-electron chi connectivity index (χ1n) is 10.1. The zero-order valence-corrected chi connectivity index (χ0v) is 17.6. The van der Waals surface area contributed by atoms with Crippen LogP contribution < -0.4 is 5.32 Å². The van der Waals surface area contributed by atoms with Crippen LogP contribution in [0, 0.1) is 6.92 Å². The minimum atomic E-state index is -1.23. The smallest absolute Gasteiger partial charge is 0.260 e. The summed E-state index contributed by atoms with van der Waals surface area (Å²) in [6.45, 7) is 2.04. The van der Waals surface area contributed by atoms with Gasteiger partial charge < -0.3 is 9.88 Å². The molecule has 5 heteroatoms. The van der Waals surface area contributed by atoms with Gasteiger partial charge in [-0.25, -0.2) is 0 Å². The number of amides is 1. The van der Waals surface area contributed by atoms with E-state index < -0.39 is 5.54 Å². The number of thiophene rings is 1. The third-order valence-electron chi connectivity index (χ3n) is 6.18. The Morgan fingerprint density at radius 2 is 1.77 bits per heavy atom. The molecule has 0 saturated carbocycles. The van der Waals surface area contributed by atoms with Gasteiger partial charge in [0, 0.05) is 23.0 Å². The largest absolute Gasteiger partial charge is 0.325 e. The Balaban J connectivity index is 1.75. The van der Waals surface area contributed by atoms with Gasteiger partial charge in [0.15, 0.2) is 5.54 Å². The van der Waals surface area contributed by atoms with Crippen molar-refractivity contribution in [3.05, 3.63) is 117 Å². The van der Waals surface area contributed by atoms with Gasteiger partial charge in [-0.15, -0.1) is 11.3 Å². The minimum absolute atomic E-state index is 0.110. The Hall–Kier alpha value is -3.70. The number of nitrogens with zero attached hydrogens (tertiary/aromatic N) is 1. The van der Waals surface area contributed by atoms with Crippen molar-refractivity contribution < 1.29 is 9.59 Å². The van der Waals surface area contributed by atoms with E-state index in [-0.39, 0.29) is 11.7 Å². The fraction of sp³-hybridized carbons (Fsp3) is 0.0769. The molecule has 2 aromatic carbocycles. The maximum atomic E-state index is 14.0. The first-order chi connectivity index (χ1) is 15.1. The van der Waals surface area contributed by atoms with Crippen LogP contribution in [0.5, 0.6) is 0 Å². The van der Waals surface area contributed by atoms with E-state index in [2.05, 4.69) is 5.32 Å². The summed E-state index contributed by atoms with van der Waals surface area (Å²) in [5.41, 5.74) is 4.59. The van der Waals surface area contributed by atoms with Gasteiger partial charge in [-0.05, 0) is 42.1 Å². The second kappa shape index (κ2) is 6.40. The van der Waals surface area contributed by atoms with Crippen LogP contribution in [0.1, 0.15) is 32.1 Å². The summed E-state index contributed by atoms with van der Waals surface area (Å²) >= 11 is 1.40. The number of aryl methyl sites for hydroxylation is 1. The van der Waals surface area contributed by atoms with Gasteiger partial charge in [0.25, 0.3) is 5.91 Å². The molecule has 31 heavy (non-hydrogen) atoms. The Morgan fingerprint density at radius 3 is 2.55 bits per heavy atom. The van der Waals surface area contributed by atoms with Gasteiger partial charge in [-0.1, -0.05) is 54.1 Å². The molecule has 0 aliphatic carbocycles. The highest BCUT2D eigenvalue weighted by molar-refractivity contribution is 7.12. The van der Waals surface area contributed by atoms with Crippen molar-refractivity contribution in [1.29, 1.82) is 0 Å². The molecule has 4 heterocycles. The molecule has 1 N–H and O–H groups in total. The third-order valence-corrected chi connectivity index (χ3v) is 7.05. The molecule has 1 unspecified atom stereocenters. The van der Waals surface area contributed by atoms with Crippen molar-refractivity contribution in [3.8, 4) is 0 Å². The van der Waals surface area contributed by atoms with Crippen LogP contribution in [0.2, 0.25) is 0 Å². The molecule has 0 bridgehead atoms. The highest BCUT2D eigenvalue weighted by Crippen LogP contribution is 2.54. The molecular formula is C26H18N2O2S. The fourth-order valence-corrected chi connectivity index (χ4v) is 5.53. The van der Waals surface area contributed by atoms with Crippen LogP contribution in [-0.4, -0.2) is 16.3 Å². The topological polar surface area (TPSA) is 51.1 Å². The summed E-state index contributed by atoms with van der Waals surface area (Å²) in [6, 6.07) is 23.4. The van der Waals surface area contributed by atoms with E-state index in [4.69, 9.17) is 0 Å². The lowest BCUT2D eigenvalue weighted by Crippen LogP contribution is -2.43. The van der Waals surface area contributed by atoms with Crippen molar-refractivity contribution in [2.24, 2.45) is 0 Å². The highest BCUT2D eigenvalue weighted by Gasteiger charge is 2.58. The van der Waals surface area contributed by atoms with Gasteiger partial charge in [0.05, 0.1) is 16.1 Å². The zero-order valence-electron chi connectivity index (χ0n) is 16.8. The minimum Gasteiger partial charge on any atom is -0.325 e. The van der Waals surface area contributed by atoms with Crippen LogP contribution >= 0.6 is 11.3 Å². The van der Waals surface area contributed by atoms with E-state index in [9.17, 15) is 9.59 Å². The number of fused-ring (bicyclic) bond motifs is 4. The van der Waals surface area contributed by atoms with Gasteiger partial charge in [-0.2, -0.15) is 0 Å². The molecule has 6 rings (SSSR count). The van der Waals surface area contributed by atoms with E-state index in [1.54, 1.807) is 0 Å². The highest BCUT2D eigenvalue weighted by atomic mass is 32.1. The number of aromatic nitrogens is 1. The maximum Gasteiger partial charge on any atom is 0.260 e. The summed E-state index contributed by atoms with van der Waals surface area (Å²) in [7, 11) is 0. The second-order valence-corrected chi connectivity index (χ2v) is 8.84. The number of Topliss-reactive ketones (excluding diaryl/α,β-unsaturated/α-hetero) is 1. The Kier molecular flexibility index (Phi) is 3.73. The van der Waals surface area contributed by atoms with Crippen molar-refractivity contribution in [3.63, 3.8) is 0 Å². The summed E-state index contributed by atoms with van der Waals surface area (Å²) in [4.78, 5) is 28.3. The molecule has 1 amide bonds. The molecule has 0 radical (unpaired) electrons.